The van der Waals surface area contributed by atoms with Crippen molar-refractivity contribution < 1.29 is 14.8 Å². The molecule has 0 aliphatic heterocycles. The van der Waals surface area contributed by atoms with Gasteiger partial charge in [-0.3, -0.25) is 0 Å². The molecule has 1 aromatic rings. The Morgan fingerprint density at radius 2 is 2.18 bits per heavy atom. The topological polar surface area (TPSA) is 80.2 Å². The Hall–Kier alpha value is -2.08. The van der Waals surface area contributed by atoms with Gasteiger partial charge in [0.05, 0.1) is 5.71 Å². The van der Waals surface area contributed by atoms with Crippen molar-refractivity contribution >= 4 is 34.4 Å². The number of ether oxygens (including phenoxy) is 1. The molecule has 0 aliphatic carbocycles. The number of oxime groups is 1. The SMILES string of the molecule is C/C(=N\O)C(C)N=[N+]([O-])/C=C/c1ccc(OCC#CI)cc1. The molecular weight excluding hydrogens is 397 g/mol. The highest BCUT2D eigenvalue weighted by atomic mass is 127. The van der Waals surface area contributed by atoms with Gasteiger partial charge >= 0.3 is 0 Å². The van der Waals surface area contributed by atoms with Crippen molar-refractivity contribution in [2.24, 2.45) is 10.3 Å². The predicted molar refractivity (Wildman–Crippen MR) is 93.2 cm³/mol. The molecule has 0 bridgehead atoms. The zero-order valence-electron chi connectivity index (χ0n) is 12.2. The van der Waals surface area contributed by atoms with Gasteiger partial charge in [-0.05, 0) is 40.6 Å². The van der Waals surface area contributed by atoms with Crippen molar-refractivity contribution in [2.45, 2.75) is 19.9 Å². The first-order chi connectivity index (χ1) is 10.6. The van der Waals surface area contributed by atoms with Crippen LogP contribution in [0.1, 0.15) is 19.4 Å². The molecule has 6 nitrogen and oxygen atoms in total. The number of azo groups is 1. The molecule has 0 heterocycles. The van der Waals surface area contributed by atoms with Gasteiger partial charge in [-0.15, -0.1) is 0 Å². The minimum atomic E-state index is -0.484. The minimum absolute atomic E-state index is 0.342. The third-order valence-corrected chi connectivity index (χ3v) is 3.08. The molecule has 7 heteroatoms. The summed E-state index contributed by atoms with van der Waals surface area (Å²) in [5, 5.41) is 27.0. The average Bonchev–Trinajstić information content (AvgIpc) is 2.53. The van der Waals surface area contributed by atoms with Crippen LogP contribution in [0.4, 0.5) is 0 Å². The highest BCUT2D eigenvalue weighted by molar-refractivity contribution is 14.1. The zero-order valence-corrected chi connectivity index (χ0v) is 14.4. The maximum atomic E-state index is 11.6. The second-order valence-electron chi connectivity index (χ2n) is 4.28. The van der Waals surface area contributed by atoms with Crippen LogP contribution in [0.5, 0.6) is 5.75 Å². The lowest BCUT2D eigenvalue weighted by Gasteiger charge is -2.02. The summed E-state index contributed by atoms with van der Waals surface area (Å²) in [4.78, 5) is 0.444. The Labute approximate surface area is 142 Å². The first-order valence-electron chi connectivity index (χ1n) is 6.42. The molecule has 1 rings (SSSR count). The molecular formula is C15H16IN3O3. The maximum absolute atomic E-state index is 11.6. The molecule has 1 atom stereocenters. The fourth-order valence-corrected chi connectivity index (χ4v) is 1.50. The van der Waals surface area contributed by atoms with Crippen LogP contribution >= 0.6 is 22.6 Å². The molecule has 0 saturated carbocycles. The molecule has 0 radical (unpaired) electrons. The fourth-order valence-electron chi connectivity index (χ4n) is 1.35. The normalized spacial score (nSPS) is 13.6. The number of nitrogens with zero attached hydrogens (tertiary/aromatic N) is 3. The molecule has 0 amide bonds. The zero-order chi connectivity index (χ0) is 16.4. The third kappa shape index (κ3) is 6.58. The first-order valence-corrected chi connectivity index (χ1v) is 7.50. The predicted octanol–water partition coefficient (Wildman–Crippen LogP) is 3.63. The molecule has 0 spiro atoms. The lowest BCUT2D eigenvalue weighted by molar-refractivity contribution is -0.459. The Kier molecular flexibility index (Phi) is 7.99. The number of hydroxylamine groups is 1. The Morgan fingerprint density at radius 1 is 1.50 bits per heavy atom. The van der Waals surface area contributed by atoms with Crippen molar-refractivity contribution in [2.75, 3.05) is 6.61 Å². The standard InChI is InChI=1S/C15H16IN3O3/c1-12(13(2)18-20)17-19(21)10-8-14-4-6-15(7-5-14)22-11-3-9-16/h4-8,10,12,20H,11H2,1-2H3/b10-8+,18-13+,19-17?. The van der Waals surface area contributed by atoms with E-state index in [1.807, 2.05) is 34.7 Å². The lowest BCUT2D eigenvalue weighted by Crippen LogP contribution is -2.12. The number of rotatable bonds is 6. The van der Waals surface area contributed by atoms with Crippen molar-refractivity contribution in [3.63, 3.8) is 0 Å². The highest BCUT2D eigenvalue weighted by Gasteiger charge is 2.07. The van der Waals surface area contributed by atoms with Crippen molar-refractivity contribution in [1.29, 1.82) is 0 Å². The summed E-state index contributed by atoms with van der Waals surface area (Å²) in [5.41, 5.74) is 1.20. The van der Waals surface area contributed by atoms with E-state index in [0.29, 0.717) is 22.9 Å². The Bertz CT molecular complexity index is 628. The number of halogens is 1. The van der Waals surface area contributed by atoms with Crippen LogP contribution in [-0.2, 0) is 0 Å². The van der Waals surface area contributed by atoms with Crippen LogP contribution < -0.4 is 4.74 Å². The van der Waals surface area contributed by atoms with Crippen LogP contribution in [0.2, 0.25) is 0 Å². The quantitative estimate of drug-likeness (QED) is 0.147. The van der Waals surface area contributed by atoms with E-state index < -0.39 is 6.04 Å². The summed E-state index contributed by atoms with van der Waals surface area (Å²) < 4.78 is 8.11. The second-order valence-corrected chi connectivity index (χ2v) is 4.82. The summed E-state index contributed by atoms with van der Waals surface area (Å²) in [5.74, 6) is 3.51. The van der Waals surface area contributed by atoms with Crippen LogP contribution in [0, 0.1) is 15.1 Å². The van der Waals surface area contributed by atoms with Gasteiger partial charge in [-0.2, -0.15) is 0 Å². The molecule has 0 aliphatic rings. The first kappa shape index (κ1) is 18.0. The van der Waals surface area contributed by atoms with E-state index in [9.17, 15) is 5.21 Å². The molecule has 0 fully saturated rings. The number of benzene rings is 1. The molecule has 116 valence electrons. The summed E-state index contributed by atoms with van der Waals surface area (Å²) in [7, 11) is 0. The third-order valence-electron chi connectivity index (χ3n) is 2.70. The van der Waals surface area contributed by atoms with E-state index >= 15 is 0 Å². The van der Waals surface area contributed by atoms with Gasteiger partial charge in [0.2, 0.25) is 6.20 Å². The van der Waals surface area contributed by atoms with Crippen molar-refractivity contribution in [3.8, 4) is 15.6 Å². The molecule has 22 heavy (non-hydrogen) atoms. The molecule has 0 saturated heterocycles. The summed E-state index contributed by atoms with van der Waals surface area (Å²) >= 11 is 1.95. The van der Waals surface area contributed by atoms with E-state index in [1.54, 1.807) is 32.1 Å². The van der Waals surface area contributed by atoms with E-state index in [2.05, 4.69) is 20.1 Å². The molecule has 1 N–H and O–H groups in total. The summed E-state index contributed by atoms with van der Waals surface area (Å²) in [6.07, 6.45) is 2.92. The Balaban J connectivity index is 2.65. The van der Waals surface area contributed by atoms with Crippen LogP contribution in [0.3, 0.4) is 0 Å². The molecule has 1 unspecified atom stereocenters. The van der Waals surface area contributed by atoms with Gasteiger partial charge < -0.3 is 15.2 Å². The number of hydrogen-bond donors (Lipinski definition) is 1. The minimum Gasteiger partial charge on any atom is -0.595 e. The van der Waals surface area contributed by atoms with E-state index in [1.165, 1.54) is 6.20 Å². The fraction of sp³-hybridized carbons (Fsp3) is 0.267. The van der Waals surface area contributed by atoms with Gasteiger partial charge in [-0.25, -0.2) is 0 Å². The largest absolute Gasteiger partial charge is 0.595 e. The van der Waals surface area contributed by atoms with Crippen LogP contribution in [-0.4, -0.2) is 28.4 Å². The van der Waals surface area contributed by atoms with Gasteiger partial charge in [-0.1, -0.05) is 28.1 Å². The molecule has 1 aromatic carbocycles. The monoisotopic (exact) mass is 413 g/mol. The van der Waals surface area contributed by atoms with E-state index in [4.69, 9.17) is 9.94 Å². The van der Waals surface area contributed by atoms with Crippen molar-refractivity contribution in [3.05, 3.63) is 41.2 Å². The van der Waals surface area contributed by atoms with E-state index in [-0.39, 0.29) is 0 Å². The maximum Gasteiger partial charge on any atom is 0.210 e. The van der Waals surface area contributed by atoms with Gasteiger partial charge in [0.25, 0.3) is 0 Å². The van der Waals surface area contributed by atoms with Crippen molar-refractivity contribution in [1.82, 2.24) is 0 Å². The summed E-state index contributed by atoms with van der Waals surface area (Å²) in [6, 6.07) is 6.75. The van der Waals surface area contributed by atoms with E-state index in [0.717, 1.165) is 5.56 Å². The lowest BCUT2D eigenvalue weighted by atomic mass is 10.2. The second kappa shape index (κ2) is 9.78. The highest BCUT2D eigenvalue weighted by Crippen LogP contribution is 2.13. The van der Waals surface area contributed by atoms with Gasteiger partial charge in [0, 0.05) is 28.7 Å². The Morgan fingerprint density at radius 3 is 2.77 bits per heavy atom. The average molecular weight is 413 g/mol. The summed E-state index contributed by atoms with van der Waals surface area (Å²) in [6.45, 7) is 3.60. The smallest absolute Gasteiger partial charge is 0.210 e. The van der Waals surface area contributed by atoms with Gasteiger partial charge in [0.1, 0.15) is 12.4 Å². The van der Waals surface area contributed by atoms with Gasteiger partial charge in [0.15, 0.2) is 6.04 Å². The molecule has 0 aromatic heterocycles. The van der Waals surface area contributed by atoms with Crippen LogP contribution in [0.25, 0.3) is 6.08 Å². The number of hydrogen-bond acceptors (Lipinski definition) is 5. The van der Waals surface area contributed by atoms with Crippen LogP contribution in [0.15, 0.2) is 40.7 Å².